The maximum Gasteiger partial charge on any atom is 0.183 e. The molecule has 0 saturated carbocycles. The van der Waals surface area contributed by atoms with Crippen LogP contribution in [0.15, 0.2) is 48.0 Å². The van der Waals surface area contributed by atoms with Gasteiger partial charge in [-0.1, -0.05) is 41.4 Å². The van der Waals surface area contributed by atoms with Crippen LogP contribution in [0.2, 0.25) is 0 Å². The molecule has 0 radical (unpaired) electrons. The van der Waals surface area contributed by atoms with Crippen molar-refractivity contribution in [3.05, 3.63) is 59.1 Å². The van der Waals surface area contributed by atoms with Gasteiger partial charge in [-0.15, -0.1) is 0 Å². The van der Waals surface area contributed by atoms with E-state index in [9.17, 15) is 0 Å². The fourth-order valence-electron chi connectivity index (χ4n) is 1.95. The summed E-state index contributed by atoms with van der Waals surface area (Å²) in [6, 6.07) is 8.48. The number of nitrogens with zero attached hydrogens (tertiary/aromatic N) is 2. The van der Waals surface area contributed by atoms with E-state index in [1.807, 2.05) is 17.3 Å². The fourth-order valence-corrected chi connectivity index (χ4v) is 2.30. The number of hydrogen-bond donors (Lipinski definition) is 2. The van der Waals surface area contributed by atoms with E-state index in [1.54, 1.807) is 11.2 Å². The SMILES string of the molecule is Cc1cccc(CCN2C=CN(NC(N)=S)C=C2Cl)c1. The largest absolute Gasteiger partial charge is 0.375 e. The molecule has 1 heterocycles. The van der Waals surface area contributed by atoms with Crippen LogP contribution in [0.4, 0.5) is 0 Å². The van der Waals surface area contributed by atoms with Gasteiger partial charge in [0.15, 0.2) is 5.11 Å². The van der Waals surface area contributed by atoms with Crippen LogP contribution < -0.4 is 11.2 Å². The first kappa shape index (κ1) is 14.7. The van der Waals surface area contributed by atoms with Gasteiger partial charge < -0.3 is 10.6 Å². The number of rotatable bonds is 4. The summed E-state index contributed by atoms with van der Waals surface area (Å²) in [6.45, 7) is 2.91. The molecule has 0 bridgehead atoms. The van der Waals surface area contributed by atoms with Crippen molar-refractivity contribution in [3.63, 3.8) is 0 Å². The lowest BCUT2D eigenvalue weighted by atomic mass is 10.1. The van der Waals surface area contributed by atoms with E-state index < -0.39 is 0 Å². The third kappa shape index (κ3) is 4.15. The molecule has 0 fully saturated rings. The van der Waals surface area contributed by atoms with Gasteiger partial charge in [0.1, 0.15) is 5.16 Å². The maximum atomic E-state index is 6.23. The molecule has 6 heteroatoms. The summed E-state index contributed by atoms with van der Waals surface area (Å²) in [5.74, 6) is 0. The Morgan fingerprint density at radius 3 is 2.85 bits per heavy atom. The molecule has 3 N–H and O–H groups in total. The molecule has 1 aromatic carbocycles. The van der Waals surface area contributed by atoms with Crippen LogP contribution >= 0.6 is 23.8 Å². The van der Waals surface area contributed by atoms with Gasteiger partial charge in [-0.3, -0.25) is 10.4 Å². The third-order valence-electron chi connectivity index (χ3n) is 2.89. The molecule has 0 unspecified atom stereocenters. The van der Waals surface area contributed by atoms with Crippen LogP contribution in [-0.2, 0) is 6.42 Å². The first-order valence-electron chi connectivity index (χ1n) is 6.27. The Bertz CT molecular complexity index is 556. The molecule has 2 rings (SSSR count). The normalized spacial score (nSPS) is 14.2. The van der Waals surface area contributed by atoms with E-state index in [0.29, 0.717) is 5.16 Å². The number of thiocarbonyl (C=S) groups is 1. The smallest absolute Gasteiger partial charge is 0.183 e. The Kier molecular flexibility index (Phi) is 4.87. The highest BCUT2D eigenvalue weighted by molar-refractivity contribution is 7.80. The average molecular weight is 309 g/mol. The van der Waals surface area contributed by atoms with E-state index >= 15 is 0 Å². The Morgan fingerprint density at radius 1 is 1.40 bits per heavy atom. The second kappa shape index (κ2) is 6.63. The highest BCUT2D eigenvalue weighted by Gasteiger charge is 2.11. The molecule has 0 amide bonds. The van der Waals surface area contributed by atoms with Crippen LogP contribution in [-0.4, -0.2) is 21.6 Å². The number of benzene rings is 1. The van der Waals surface area contributed by atoms with Crippen molar-refractivity contribution in [2.45, 2.75) is 13.3 Å². The standard InChI is InChI=1S/C14H17ClN4S/c1-11-3-2-4-12(9-11)5-6-18-7-8-19(10-13(18)15)17-14(16)20/h2-4,7-10H,5-6H2,1H3,(H3,16,17,20). The maximum absolute atomic E-state index is 6.23. The molecular weight excluding hydrogens is 292 g/mol. The zero-order valence-electron chi connectivity index (χ0n) is 11.2. The van der Waals surface area contributed by atoms with Crippen molar-refractivity contribution >= 4 is 28.9 Å². The molecule has 20 heavy (non-hydrogen) atoms. The molecule has 0 aliphatic carbocycles. The first-order valence-corrected chi connectivity index (χ1v) is 7.05. The van der Waals surface area contributed by atoms with Crippen molar-refractivity contribution in [1.29, 1.82) is 0 Å². The Morgan fingerprint density at radius 2 is 2.20 bits per heavy atom. The lowest BCUT2D eigenvalue weighted by Crippen LogP contribution is -2.40. The van der Waals surface area contributed by atoms with Gasteiger partial charge in [-0.25, -0.2) is 0 Å². The Hall–Kier alpha value is -1.72. The summed E-state index contributed by atoms with van der Waals surface area (Å²) >= 11 is 11.0. The average Bonchev–Trinajstić information content (AvgIpc) is 2.37. The van der Waals surface area contributed by atoms with Crippen LogP contribution in [0.3, 0.4) is 0 Å². The highest BCUT2D eigenvalue weighted by atomic mass is 35.5. The van der Waals surface area contributed by atoms with Crippen LogP contribution in [0.25, 0.3) is 0 Å². The summed E-state index contributed by atoms with van der Waals surface area (Å²) in [6.07, 6.45) is 6.38. The van der Waals surface area contributed by atoms with Gasteiger partial charge in [0.05, 0.1) is 6.20 Å². The summed E-state index contributed by atoms with van der Waals surface area (Å²) in [5.41, 5.74) is 10.8. The topological polar surface area (TPSA) is 44.5 Å². The first-order chi connectivity index (χ1) is 9.54. The van der Waals surface area contributed by atoms with Crippen molar-refractivity contribution in [3.8, 4) is 0 Å². The van der Waals surface area contributed by atoms with Crippen LogP contribution in [0, 0.1) is 6.92 Å². The molecule has 1 aliphatic rings. The molecule has 0 spiro atoms. The van der Waals surface area contributed by atoms with Gasteiger partial charge in [0.25, 0.3) is 0 Å². The zero-order chi connectivity index (χ0) is 14.5. The van der Waals surface area contributed by atoms with E-state index in [0.717, 1.165) is 13.0 Å². The monoisotopic (exact) mass is 308 g/mol. The minimum atomic E-state index is 0.198. The van der Waals surface area contributed by atoms with Crippen molar-refractivity contribution in [2.24, 2.45) is 5.73 Å². The number of hydrazine groups is 1. The highest BCUT2D eigenvalue weighted by Crippen LogP contribution is 2.17. The van der Waals surface area contributed by atoms with Crippen molar-refractivity contribution < 1.29 is 0 Å². The Labute approximate surface area is 129 Å². The lowest BCUT2D eigenvalue weighted by molar-refractivity contribution is 0.388. The van der Waals surface area contributed by atoms with Gasteiger partial charge in [0, 0.05) is 18.9 Å². The molecular formula is C14H17ClN4S. The predicted molar refractivity (Wildman–Crippen MR) is 86.4 cm³/mol. The van der Waals surface area contributed by atoms with Crippen molar-refractivity contribution in [2.75, 3.05) is 6.54 Å². The van der Waals surface area contributed by atoms with Gasteiger partial charge in [-0.05, 0) is 31.1 Å². The molecule has 1 aromatic rings. The predicted octanol–water partition coefficient (Wildman–Crippen LogP) is 2.41. The quantitative estimate of drug-likeness (QED) is 0.660. The molecule has 1 aliphatic heterocycles. The minimum Gasteiger partial charge on any atom is -0.375 e. The van der Waals surface area contributed by atoms with Gasteiger partial charge in [-0.2, -0.15) is 0 Å². The number of halogens is 1. The summed E-state index contributed by atoms with van der Waals surface area (Å²) < 4.78 is 0. The van der Waals surface area contributed by atoms with Gasteiger partial charge >= 0.3 is 0 Å². The van der Waals surface area contributed by atoms with E-state index in [1.165, 1.54) is 11.1 Å². The van der Waals surface area contributed by atoms with E-state index in [2.05, 4.69) is 36.6 Å². The molecule has 4 nitrogen and oxygen atoms in total. The Balaban J connectivity index is 1.92. The number of aryl methyl sites for hydroxylation is 1. The fraction of sp³-hybridized carbons (Fsp3) is 0.214. The zero-order valence-corrected chi connectivity index (χ0v) is 12.8. The molecule has 0 saturated heterocycles. The van der Waals surface area contributed by atoms with Gasteiger partial charge in [0.2, 0.25) is 0 Å². The van der Waals surface area contributed by atoms with E-state index in [4.69, 9.17) is 29.6 Å². The second-order valence-corrected chi connectivity index (χ2v) is 5.39. The third-order valence-corrected chi connectivity index (χ3v) is 3.30. The number of nitrogens with two attached hydrogens (primary N) is 1. The minimum absolute atomic E-state index is 0.198. The van der Waals surface area contributed by atoms with Crippen LogP contribution in [0.5, 0.6) is 0 Å². The van der Waals surface area contributed by atoms with Crippen molar-refractivity contribution in [1.82, 2.24) is 15.3 Å². The molecule has 0 aromatic heterocycles. The summed E-state index contributed by atoms with van der Waals surface area (Å²) in [5, 5.41) is 2.45. The number of nitrogens with one attached hydrogen (secondary N) is 1. The molecule has 0 atom stereocenters. The molecule has 106 valence electrons. The summed E-state index contributed by atoms with van der Waals surface area (Å²) in [4.78, 5) is 1.97. The number of hydrogen-bond acceptors (Lipinski definition) is 3. The van der Waals surface area contributed by atoms with Crippen LogP contribution in [0.1, 0.15) is 11.1 Å². The lowest BCUT2D eigenvalue weighted by Gasteiger charge is -2.28. The summed E-state index contributed by atoms with van der Waals surface area (Å²) in [7, 11) is 0. The second-order valence-electron chi connectivity index (χ2n) is 4.57. The van der Waals surface area contributed by atoms with E-state index in [-0.39, 0.29) is 5.11 Å².